The second-order valence-electron chi connectivity index (χ2n) is 7.06. The second-order valence-corrected chi connectivity index (χ2v) is 7.06. The Labute approximate surface area is 102 Å². The van der Waals surface area contributed by atoms with Gasteiger partial charge in [0.25, 0.3) is 0 Å². The number of rotatable bonds is 6. The van der Waals surface area contributed by atoms with E-state index in [9.17, 15) is 0 Å². The van der Waals surface area contributed by atoms with Gasteiger partial charge < -0.3 is 5.32 Å². The third-order valence-corrected chi connectivity index (χ3v) is 3.97. The summed E-state index contributed by atoms with van der Waals surface area (Å²) in [7, 11) is 0. The molecular weight excluding hydrogens is 194 g/mol. The van der Waals surface area contributed by atoms with Crippen LogP contribution in [0.2, 0.25) is 0 Å². The lowest BCUT2D eigenvalue weighted by Gasteiger charge is -2.45. The first-order chi connectivity index (χ1) is 7.37. The van der Waals surface area contributed by atoms with E-state index in [0.29, 0.717) is 5.41 Å². The molecule has 1 unspecified atom stereocenters. The lowest BCUT2D eigenvalue weighted by Crippen LogP contribution is -2.47. The highest BCUT2D eigenvalue weighted by Gasteiger charge is 2.38. The van der Waals surface area contributed by atoms with Gasteiger partial charge in [-0.3, -0.25) is 0 Å². The summed E-state index contributed by atoms with van der Waals surface area (Å²) in [6.45, 7) is 12.8. The molecule has 96 valence electrons. The average molecular weight is 225 g/mol. The monoisotopic (exact) mass is 225 g/mol. The minimum Gasteiger partial charge on any atom is -0.312 e. The molecule has 0 aromatic carbocycles. The topological polar surface area (TPSA) is 12.0 Å². The predicted octanol–water partition coefficient (Wildman–Crippen LogP) is 4.37. The van der Waals surface area contributed by atoms with E-state index < -0.39 is 0 Å². The first-order valence-electron chi connectivity index (χ1n) is 7.12. The highest BCUT2D eigenvalue weighted by Crippen LogP contribution is 2.46. The van der Waals surface area contributed by atoms with Crippen molar-refractivity contribution in [3.05, 3.63) is 0 Å². The third-order valence-electron chi connectivity index (χ3n) is 3.97. The van der Waals surface area contributed by atoms with E-state index in [1.165, 1.54) is 45.1 Å². The van der Waals surface area contributed by atoms with Gasteiger partial charge in [-0.2, -0.15) is 0 Å². The highest BCUT2D eigenvalue weighted by atomic mass is 15.0. The molecule has 1 saturated carbocycles. The second kappa shape index (κ2) is 5.53. The van der Waals surface area contributed by atoms with Crippen LogP contribution >= 0.6 is 0 Å². The molecule has 0 aromatic rings. The molecule has 1 N–H and O–H groups in total. The molecule has 16 heavy (non-hydrogen) atoms. The van der Waals surface area contributed by atoms with Crippen LogP contribution in [0.3, 0.4) is 0 Å². The predicted molar refractivity (Wildman–Crippen MR) is 72.7 cm³/mol. The summed E-state index contributed by atoms with van der Waals surface area (Å²) in [5.74, 6) is 0.909. The molecule has 0 spiro atoms. The first kappa shape index (κ1) is 14.0. The fraction of sp³-hybridized carbons (Fsp3) is 1.00. The maximum atomic E-state index is 3.71. The zero-order valence-corrected chi connectivity index (χ0v) is 12.0. The third kappa shape index (κ3) is 4.45. The van der Waals surface area contributed by atoms with Crippen molar-refractivity contribution in [3.63, 3.8) is 0 Å². The largest absolute Gasteiger partial charge is 0.312 e. The van der Waals surface area contributed by atoms with Crippen LogP contribution in [0.4, 0.5) is 0 Å². The van der Waals surface area contributed by atoms with Gasteiger partial charge in [-0.05, 0) is 51.4 Å². The van der Waals surface area contributed by atoms with Crippen molar-refractivity contribution in [2.75, 3.05) is 6.54 Å². The Kier molecular flexibility index (Phi) is 4.85. The average Bonchev–Trinajstić information content (AvgIpc) is 2.08. The molecule has 0 aromatic heterocycles. The summed E-state index contributed by atoms with van der Waals surface area (Å²) in [6, 6.07) is 0. The molecule has 0 heterocycles. The minimum absolute atomic E-state index is 0.274. The molecule has 1 rings (SSSR count). The molecule has 0 saturated heterocycles. The normalized spacial score (nSPS) is 21.6. The number of hydrogen-bond acceptors (Lipinski definition) is 1. The van der Waals surface area contributed by atoms with Gasteiger partial charge >= 0.3 is 0 Å². The van der Waals surface area contributed by atoms with Crippen molar-refractivity contribution in [1.82, 2.24) is 5.32 Å². The molecule has 1 atom stereocenters. The number of hydrogen-bond donors (Lipinski definition) is 1. The molecule has 1 heteroatoms. The molecule has 0 bridgehead atoms. The van der Waals surface area contributed by atoms with Crippen LogP contribution in [-0.2, 0) is 0 Å². The summed E-state index contributed by atoms with van der Waals surface area (Å²) < 4.78 is 0. The van der Waals surface area contributed by atoms with Gasteiger partial charge in [0.1, 0.15) is 0 Å². The maximum absolute atomic E-state index is 3.71. The standard InChI is InChI=1S/C15H31N/c1-6-8-13(2)11-15(9-7-10-15)12-16-14(3,4)5/h13,16H,6-12H2,1-5H3. The summed E-state index contributed by atoms with van der Waals surface area (Å²) in [4.78, 5) is 0. The van der Waals surface area contributed by atoms with Crippen LogP contribution in [0.25, 0.3) is 0 Å². The smallest absolute Gasteiger partial charge is 0.00967 e. The van der Waals surface area contributed by atoms with Crippen LogP contribution in [-0.4, -0.2) is 12.1 Å². The molecule has 1 aliphatic carbocycles. The zero-order valence-electron chi connectivity index (χ0n) is 12.0. The SMILES string of the molecule is CCCC(C)CC1(CNC(C)(C)C)CCC1. The molecule has 0 amide bonds. The molecular formula is C15H31N. The van der Waals surface area contributed by atoms with Crippen molar-refractivity contribution in [2.24, 2.45) is 11.3 Å². The lowest BCUT2D eigenvalue weighted by molar-refractivity contribution is 0.0836. The summed E-state index contributed by atoms with van der Waals surface area (Å²) >= 11 is 0. The Balaban J connectivity index is 2.38. The van der Waals surface area contributed by atoms with Crippen molar-refractivity contribution in [1.29, 1.82) is 0 Å². The molecule has 0 radical (unpaired) electrons. The maximum Gasteiger partial charge on any atom is 0.00967 e. The van der Waals surface area contributed by atoms with Crippen LogP contribution < -0.4 is 5.32 Å². The van der Waals surface area contributed by atoms with E-state index in [0.717, 1.165) is 5.92 Å². The van der Waals surface area contributed by atoms with Crippen LogP contribution in [0, 0.1) is 11.3 Å². The highest BCUT2D eigenvalue weighted by molar-refractivity contribution is 4.92. The Morgan fingerprint density at radius 3 is 2.25 bits per heavy atom. The summed E-state index contributed by atoms with van der Waals surface area (Å²) in [5.41, 5.74) is 0.915. The zero-order chi connectivity index (χ0) is 12.2. The minimum atomic E-state index is 0.274. The van der Waals surface area contributed by atoms with E-state index in [4.69, 9.17) is 0 Å². The quantitative estimate of drug-likeness (QED) is 0.708. The van der Waals surface area contributed by atoms with E-state index in [1.54, 1.807) is 0 Å². The molecule has 0 aliphatic heterocycles. The summed E-state index contributed by atoms with van der Waals surface area (Å²) in [5, 5.41) is 3.71. The fourth-order valence-electron chi connectivity index (χ4n) is 2.92. The van der Waals surface area contributed by atoms with Crippen LogP contribution in [0.5, 0.6) is 0 Å². The van der Waals surface area contributed by atoms with Crippen LogP contribution in [0.15, 0.2) is 0 Å². The van der Waals surface area contributed by atoms with E-state index >= 15 is 0 Å². The van der Waals surface area contributed by atoms with Gasteiger partial charge in [0.2, 0.25) is 0 Å². The van der Waals surface area contributed by atoms with Crippen molar-refractivity contribution in [3.8, 4) is 0 Å². The summed E-state index contributed by atoms with van der Waals surface area (Å²) in [6.07, 6.45) is 8.52. The van der Waals surface area contributed by atoms with E-state index in [-0.39, 0.29) is 5.54 Å². The molecule has 1 aliphatic rings. The van der Waals surface area contributed by atoms with Gasteiger partial charge in [-0.15, -0.1) is 0 Å². The number of nitrogens with one attached hydrogen (secondary N) is 1. The Morgan fingerprint density at radius 1 is 1.25 bits per heavy atom. The molecule has 1 fully saturated rings. The van der Waals surface area contributed by atoms with Crippen molar-refractivity contribution in [2.45, 2.75) is 78.7 Å². The van der Waals surface area contributed by atoms with Gasteiger partial charge in [0.05, 0.1) is 0 Å². The van der Waals surface area contributed by atoms with E-state index in [1.807, 2.05) is 0 Å². The van der Waals surface area contributed by atoms with Crippen molar-refractivity contribution >= 4 is 0 Å². The fourth-order valence-corrected chi connectivity index (χ4v) is 2.92. The lowest BCUT2D eigenvalue weighted by atomic mass is 9.63. The van der Waals surface area contributed by atoms with Gasteiger partial charge in [0.15, 0.2) is 0 Å². The van der Waals surface area contributed by atoms with Crippen LogP contribution in [0.1, 0.15) is 73.1 Å². The Bertz CT molecular complexity index is 198. The van der Waals surface area contributed by atoms with Crippen molar-refractivity contribution < 1.29 is 0 Å². The van der Waals surface area contributed by atoms with E-state index in [2.05, 4.69) is 39.9 Å². The van der Waals surface area contributed by atoms with Gasteiger partial charge in [-0.25, -0.2) is 0 Å². The van der Waals surface area contributed by atoms with Gasteiger partial charge in [-0.1, -0.05) is 33.1 Å². The first-order valence-corrected chi connectivity index (χ1v) is 7.12. The van der Waals surface area contributed by atoms with Gasteiger partial charge in [0, 0.05) is 12.1 Å². The Hall–Kier alpha value is -0.0400. The Morgan fingerprint density at radius 2 is 1.88 bits per heavy atom. The molecule has 1 nitrogen and oxygen atoms in total.